The Balaban J connectivity index is 1.90. The van der Waals surface area contributed by atoms with Crippen molar-refractivity contribution in [3.63, 3.8) is 0 Å². The van der Waals surface area contributed by atoms with Gasteiger partial charge < -0.3 is 19.5 Å². The van der Waals surface area contributed by atoms with Gasteiger partial charge in [0.1, 0.15) is 0 Å². The molecule has 1 aliphatic carbocycles. The minimum Gasteiger partial charge on any atom is -0.493 e. The molecular weight excluding hydrogens is 346 g/mol. The van der Waals surface area contributed by atoms with Crippen LogP contribution in [-0.4, -0.2) is 38.2 Å². The molecule has 0 bridgehead atoms. The summed E-state index contributed by atoms with van der Waals surface area (Å²) in [7, 11) is 1.52. The Morgan fingerprint density at radius 3 is 2.59 bits per heavy atom. The molecular formula is C21H29NO5. The van der Waals surface area contributed by atoms with Gasteiger partial charge >= 0.3 is 5.97 Å². The molecule has 1 N–H and O–H groups in total. The lowest BCUT2D eigenvalue weighted by molar-refractivity contribution is -0.145. The van der Waals surface area contributed by atoms with Crippen LogP contribution in [0.5, 0.6) is 11.5 Å². The second kappa shape index (κ2) is 10.6. The van der Waals surface area contributed by atoms with E-state index in [0.717, 1.165) is 24.3 Å². The molecule has 1 saturated carbocycles. The third-order valence-electron chi connectivity index (χ3n) is 4.63. The smallest absolute Gasteiger partial charge is 0.344 e. The zero-order valence-electron chi connectivity index (χ0n) is 16.3. The van der Waals surface area contributed by atoms with Crippen molar-refractivity contribution in [3.8, 4) is 11.5 Å². The Labute approximate surface area is 160 Å². The summed E-state index contributed by atoms with van der Waals surface area (Å²) in [6.07, 6.45) is 7.69. The second-order valence-corrected chi connectivity index (χ2v) is 6.80. The first-order chi connectivity index (χ1) is 13.0. The van der Waals surface area contributed by atoms with Crippen LogP contribution in [0.2, 0.25) is 0 Å². The van der Waals surface area contributed by atoms with Crippen LogP contribution in [0.3, 0.4) is 0 Å². The predicted octanol–water partition coefficient (Wildman–Crippen LogP) is 3.35. The molecule has 0 unspecified atom stereocenters. The number of nitrogens with one attached hydrogen (secondary N) is 1. The number of ether oxygens (including phenoxy) is 3. The van der Waals surface area contributed by atoms with Crippen molar-refractivity contribution in [1.29, 1.82) is 0 Å². The van der Waals surface area contributed by atoms with Crippen molar-refractivity contribution in [2.45, 2.75) is 45.6 Å². The molecule has 1 aromatic carbocycles. The van der Waals surface area contributed by atoms with Gasteiger partial charge in [0.2, 0.25) is 5.91 Å². The van der Waals surface area contributed by atoms with E-state index in [9.17, 15) is 9.59 Å². The fourth-order valence-electron chi connectivity index (χ4n) is 3.07. The van der Waals surface area contributed by atoms with E-state index >= 15 is 0 Å². The number of esters is 1. The van der Waals surface area contributed by atoms with Crippen molar-refractivity contribution >= 4 is 18.0 Å². The van der Waals surface area contributed by atoms with Gasteiger partial charge in [-0.25, -0.2) is 4.79 Å². The van der Waals surface area contributed by atoms with E-state index in [1.165, 1.54) is 26.0 Å². The maximum absolute atomic E-state index is 12.1. The Kier molecular flexibility index (Phi) is 8.17. The predicted molar refractivity (Wildman–Crippen MR) is 104 cm³/mol. The number of benzene rings is 1. The molecule has 0 aliphatic heterocycles. The van der Waals surface area contributed by atoms with E-state index in [4.69, 9.17) is 14.2 Å². The number of carbonyl (C=O) groups is 2. The van der Waals surface area contributed by atoms with Gasteiger partial charge in [0.25, 0.3) is 0 Å². The molecule has 1 fully saturated rings. The molecule has 1 amide bonds. The van der Waals surface area contributed by atoms with Crippen LogP contribution >= 0.6 is 0 Å². The molecule has 0 atom stereocenters. The van der Waals surface area contributed by atoms with Crippen LogP contribution in [0.25, 0.3) is 6.08 Å². The molecule has 27 heavy (non-hydrogen) atoms. The Morgan fingerprint density at radius 2 is 1.93 bits per heavy atom. The van der Waals surface area contributed by atoms with Crippen molar-refractivity contribution in [1.82, 2.24) is 5.32 Å². The highest BCUT2D eigenvalue weighted by Crippen LogP contribution is 2.28. The SMILES string of the molecule is CCOC(=O)COc1ccc(C=CC(=O)N[C@H]2CC[C@H](C)CC2)cc1OC. The van der Waals surface area contributed by atoms with E-state index in [2.05, 4.69) is 12.2 Å². The maximum Gasteiger partial charge on any atom is 0.344 e. The van der Waals surface area contributed by atoms with Crippen LogP contribution in [0, 0.1) is 5.92 Å². The summed E-state index contributed by atoms with van der Waals surface area (Å²) in [4.78, 5) is 23.5. The first-order valence-electron chi connectivity index (χ1n) is 9.46. The second-order valence-electron chi connectivity index (χ2n) is 6.80. The lowest BCUT2D eigenvalue weighted by atomic mass is 9.87. The average Bonchev–Trinajstić information content (AvgIpc) is 2.67. The van der Waals surface area contributed by atoms with Crippen molar-refractivity contribution in [3.05, 3.63) is 29.8 Å². The number of hydrogen-bond donors (Lipinski definition) is 1. The zero-order chi connectivity index (χ0) is 19.6. The van der Waals surface area contributed by atoms with E-state index < -0.39 is 5.97 Å². The molecule has 0 spiro atoms. The third kappa shape index (κ3) is 6.96. The van der Waals surface area contributed by atoms with Gasteiger partial charge in [0.15, 0.2) is 18.1 Å². The van der Waals surface area contributed by atoms with Gasteiger partial charge in [-0.05, 0) is 62.3 Å². The van der Waals surface area contributed by atoms with E-state index in [1.807, 2.05) is 0 Å². The molecule has 2 rings (SSSR count). The molecule has 0 aromatic heterocycles. The van der Waals surface area contributed by atoms with Crippen molar-refractivity contribution < 1.29 is 23.8 Å². The highest BCUT2D eigenvalue weighted by atomic mass is 16.6. The summed E-state index contributed by atoms with van der Waals surface area (Å²) >= 11 is 0. The van der Waals surface area contributed by atoms with Gasteiger partial charge in [-0.2, -0.15) is 0 Å². The molecule has 6 nitrogen and oxygen atoms in total. The number of rotatable bonds is 8. The van der Waals surface area contributed by atoms with Crippen LogP contribution in [-0.2, 0) is 14.3 Å². The van der Waals surface area contributed by atoms with Gasteiger partial charge in [-0.1, -0.05) is 13.0 Å². The molecule has 148 valence electrons. The molecule has 0 radical (unpaired) electrons. The minimum atomic E-state index is -0.433. The maximum atomic E-state index is 12.1. The monoisotopic (exact) mass is 375 g/mol. The van der Waals surface area contributed by atoms with Gasteiger partial charge in [-0.15, -0.1) is 0 Å². The first-order valence-corrected chi connectivity index (χ1v) is 9.46. The molecule has 0 saturated heterocycles. The highest BCUT2D eigenvalue weighted by molar-refractivity contribution is 5.92. The van der Waals surface area contributed by atoms with Crippen LogP contribution in [0.4, 0.5) is 0 Å². The summed E-state index contributed by atoms with van der Waals surface area (Å²) in [5.41, 5.74) is 0.808. The summed E-state index contributed by atoms with van der Waals surface area (Å²) in [5, 5.41) is 3.06. The molecule has 0 heterocycles. The fraction of sp³-hybridized carbons (Fsp3) is 0.524. The molecule has 1 aromatic rings. The number of amides is 1. The molecule has 1 aliphatic rings. The van der Waals surface area contributed by atoms with E-state index in [-0.39, 0.29) is 18.6 Å². The van der Waals surface area contributed by atoms with Gasteiger partial charge in [0, 0.05) is 12.1 Å². The Morgan fingerprint density at radius 1 is 1.19 bits per heavy atom. The highest BCUT2D eigenvalue weighted by Gasteiger charge is 2.18. The minimum absolute atomic E-state index is 0.0869. The normalized spacial score (nSPS) is 19.5. The van der Waals surface area contributed by atoms with E-state index in [0.29, 0.717) is 18.1 Å². The third-order valence-corrected chi connectivity index (χ3v) is 4.63. The fourth-order valence-corrected chi connectivity index (χ4v) is 3.07. The Hall–Kier alpha value is -2.50. The lowest BCUT2D eigenvalue weighted by Crippen LogP contribution is -2.36. The van der Waals surface area contributed by atoms with E-state index in [1.54, 1.807) is 31.2 Å². The largest absolute Gasteiger partial charge is 0.493 e. The van der Waals surface area contributed by atoms with Crippen LogP contribution in [0.15, 0.2) is 24.3 Å². The van der Waals surface area contributed by atoms with Gasteiger partial charge in [0.05, 0.1) is 13.7 Å². The van der Waals surface area contributed by atoms with Gasteiger partial charge in [-0.3, -0.25) is 4.79 Å². The topological polar surface area (TPSA) is 73.9 Å². The summed E-state index contributed by atoms with van der Waals surface area (Å²) < 4.78 is 15.6. The Bertz CT molecular complexity index is 663. The van der Waals surface area contributed by atoms with Crippen molar-refractivity contribution in [2.24, 2.45) is 5.92 Å². The van der Waals surface area contributed by atoms with Crippen LogP contribution in [0.1, 0.15) is 45.1 Å². The number of carbonyl (C=O) groups excluding carboxylic acids is 2. The number of hydrogen-bond acceptors (Lipinski definition) is 5. The van der Waals surface area contributed by atoms with Crippen molar-refractivity contribution in [2.75, 3.05) is 20.3 Å². The first kappa shape index (κ1) is 20.8. The lowest BCUT2D eigenvalue weighted by Gasteiger charge is -2.26. The summed E-state index contributed by atoms with van der Waals surface area (Å²) in [6, 6.07) is 5.53. The zero-order valence-corrected chi connectivity index (χ0v) is 16.3. The average molecular weight is 375 g/mol. The van der Waals surface area contributed by atoms with Crippen LogP contribution < -0.4 is 14.8 Å². The summed E-state index contributed by atoms with van der Waals surface area (Å²) in [6.45, 7) is 4.13. The summed E-state index contributed by atoms with van der Waals surface area (Å²) in [5.74, 6) is 1.17. The standard InChI is InChI=1S/C21H29NO5/c1-4-26-21(24)14-27-18-11-7-16(13-19(18)25-3)8-12-20(23)22-17-9-5-15(2)6-10-17/h7-8,11-13,15,17H,4-6,9-10,14H2,1-3H3,(H,22,23)/t15-,17-. The number of methoxy groups -OCH3 is 1. The molecule has 6 heteroatoms. The quantitative estimate of drug-likeness (QED) is 0.557.